The Labute approximate surface area is 149 Å². The molecule has 0 bridgehead atoms. The quantitative estimate of drug-likeness (QED) is 0.324. The van der Waals surface area contributed by atoms with Crippen molar-refractivity contribution in [3.8, 4) is 0 Å². The van der Waals surface area contributed by atoms with E-state index in [1.54, 1.807) is 0 Å². The molecule has 0 spiro atoms. The van der Waals surface area contributed by atoms with Crippen molar-refractivity contribution in [2.24, 2.45) is 0 Å². The number of hydrogen-bond donors (Lipinski definition) is 2. The molecule has 0 heterocycles. The van der Waals surface area contributed by atoms with Crippen LogP contribution in [0.2, 0.25) is 0 Å². The Kier molecular flexibility index (Phi) is 15.8. The highest BCUT2D eigenvalue weighted by Gasteiger charge is 2.06. The lowest BCUT2D eigenvalue weighted by Crippen LogP contribution is -2.43. The molecular weight excluding hydrogens is 304 g/mol. The average molecular weight is 343 g/mol. The summed E-state index contributed by atoms with van der Waals surface area (Å²) in [6, 6.07) is 0.310. The average Bonchev–Trinajstić information content (AvgIpc) is 2.52. The standard InChI is InChI=1S/C19H38N2OS/c1-4-6-7-8-9-10-11-12-13-14-15-16-18(22)21-19(23)20-17(3)5-2/h17H,4-16H2,1-3H3,(H2,20,21,22,23). The fraction of sp³-hybridized carbons (Fsp3) is 0.895. The summed E-state index contributed by atoms with van der Waals surface area (Å²) in [5.74, 6) is 0.0433. The zero-order valence-corrected chi connectivity index (χ0v) is 16.4. The summed E-state index contributed by atoms with van der Waals surface area (Å²) in [6.45, 7) is 6.41. The summed E-state index contributed by atoms with van der Waals surface area (Å²) in [7, 11) is 0. The number of nitrogens with one attached hydrogen (secondary N) is 2. The monoisotopic (exact) mass is 342 g/mol. The number of hydrogen-bond acceptors (Lipinski definition) is 2. The Bertz CT molecular complexity index is 308. The largest absolute Gasteiger partial charge is 0.360 e. The second kappa shape index (κ2) is 16.2. The summed E-state index contributed by atoms with van der Waals surface area (Å²) in [4.78, 5) is 11.7. The molecule has 136 valence electrons. The predicted octanol–water partition coefficient (Wildman–Crippen LogP) is 5.48. The normalized spacial score (nSPS) is 12.0. The minimum absolute atomic E-state index is 0.0433. The molecule has 2 N–H and O–H groups in total. The molecule has 1 unspecified atom stereocenters. The molecule has 0 fully saturated rings. The lowest BCUT2D eigenvalue weighted by Gasteiger charge is -2.14. The van der Waals surface area contributed by atoms with Gasteiger partial charge in [0.2, 0.25) is 5.91 Å². The zero-order chi connectivity index (χ0) is 17.3. The molecule has 0 aliphatic rings. The van der Waals surface area contributed by atoms with Crippen LogP contribution in [0.4, 0.5) is 0 Å². The van der Waals surface area contributed by atoms with Gasteiger partial charge in [-0.05, 0) is 32.0 Å². The first-order chi connectivity index (χ1) is 11.1. The van der Waals surface area contributed by atoms with Gasteiger partial charge >= 0.3 is 0 Å². The maximum Gasteiger partial charge on any atom is 0.226 e. The third-order valence-electron chi connectivity index (χ3n) is 4.25. The molecule has 0 aromatic carbocycles. The first-order valence-corrected chi connectivity index (χ1v) is 10.1. The zero-order valence-electron chi connectivity index (χ0n) is 15.6. The molecule has 0 aromatic heterocycles. The maximum atomic E-state index is 11.7. The molecule has 3 nitrogen and oxygen atoms in total. The van der Waals surface area contributed by atoms with Gasteiger partial charge in [-0.1, -0.05) is 78.1 Å². The summed E-state index contributed by atoms with van der Waals surface area (Å²) >= 11 is 5.12. The Hall–Kier alpha value is -0.640. The van der Waals surface area contributed by atoms with Gasteiger partial charge in [-0.25, -0.2) is 0 Å². The van der Waals surface area contributed by atoms with E-state index in [0.717, 1.165) is 19.3 Å². The molecule has 1 atom stereocenters. The van der Waals surface area contributed by atoms with Gasteiger partial charge in [-0.3, -0.25) is 4.79 Å². The fourth-order valence-corrected chi connectivity index (χ4v) is 2.82. The van der Waals surface area contributed by atoms with Crippen LogP contribution in [0.25, 0.3) is 0 Å². The summed E-state index contributed by atoms with van der Waals surface area (Å²) < 4.78 is 0. The van der Waals surface area contributed by atoms with Gasteiger partial charge in [-0.2, -0.15) is 0 Å². The third kappa shape index (κ3) is 16.0. The van der Waals surface area contributed by atoms with Crippen LogP contribution < -0.4 is 10.6 Å². The van der Waals surface area contributed by atoms with Crippen LogP contribution in [0.3, 0.4) is 0 Å². The van der Waals surface area contributed by atoms with E-state index in [1.165, 1.54) is 57.8 Å². The second-order valence-corrected chi connectivity index (χ2v) is 7.02. The van der Waals surface area contributed by atoms with Crippen LogP contribution in [0, 0.1) is 0 Å². The van der Waals surface area contributed by atoms with Gasteiger partial charge < -0.3 is 10.6 Å². The van der Waals surface area contributed by atoms with E-state index in [0.29, 0.717) is 17.6 Å². The van der Waals surface area contributed by atoms with Crippen molar-refractivity contribution >= 4 is 23.2 Å². The van der Waals surface area contributed by atoms with Crippen LogP contribution in [-0.4, -0.2) is 17.1 Å². The topological polar surface area (TPSA) is 41.1 Å². The van der Waals surface area contributed by atoms with E-state index >= 15 is 0 Å². The highest BCUT2D eigenvalue weighted by Crippen LogP contribution is 2.11. The van der Waals surface area contributed by atoms with E-state index < -0.39 is 0 Å². The molecule has 0 saturated carbocycles. The number of carbonyl (C=O) groups excluding carboxylic acids is 1. The Balaban J connectivity index is 3.34. The minimum Gasteiger partial charge on any atom is -0.360 e. The Morgan fingerprint density at radius 1 is 0.870 bits per heavy atom. The predicted molar refractivity (Wildman–Crippen MR) is 105 cm³/mol. The van der Waals surface area contributed by atoms with Crippen molar-refractivity contribution in [1.29, 1.82) is 0 Å². The molecule has 23 heavy (non-hydrogen) atoms. The lowest BCUT2D eigenvalue weighted by molar-refractivity contribution is -0.119. The highest BCUT2D eigenvalue weighted by atomic mass is 32.1. The van der Waals surface area contributed by atoms with E-state index in [4.69, 9.17) is 12.2 Å². The number of thiocarbonyl (C=S) groups is 1. The van der Waals surface area contributed by atoms with Crippen molar-refractivity contribution < 1.29 is 4.79 Å². The highest BCUT2D eigenvalue weighted by molar-refractivity contribution is 7.80. The maximum absolute atomic E-state index is 11.7. The molecule has 1 amide bonds. The van der Waals surface area contributed by atoms with Crippen LogP contribution in [0.15, 0.2) is 0 Å². The van der Waals surface area contributed by atoms with E-state index in [-0.39, 0.29) is 5.91 Å². The van der Waals surface area contributed by atoms with Crippen molar-refractivity contribution in [3.05, 3.63) is 0 Å². The molecule has 0 aromatic rings. The molecule has 0 aliphatic carbocycles. The Morgan fingerprint density at radius 3 is 1.83 bits per heavy atom. The van der Waals surface area contributed by atoms with E-state index in [2.05, 4.69) is 31.4 Å². The number of amides is 1. The van der Waals surface area contributed by atoms with Gasteiger partial charge in [-0.15, -0.1) is 0 Å². The van der Waals surface area contributed by atoms with E-state index in [1.807, 2.05) is 0 Å². The molecule has 4 heteroatoms. The van der Waals surface area contributed by atoms with Gasteiger partial charge in [0.05, 0.1) is 0 Å². The van der Waals surface area contributed by atoms with Gasteiger partial charge in [0, 0.05) is 12.5 Å². The lowest BCUT2D eigenvalue weighted by atomic mass is 10.1. The third-order valence-corrected chi connectivity index (χ3v) is 4.47. The second-order valence-electron chi connectivity index (χ2n) is 6.62. The number of unbranched alkanes of at least 4 members (excludes halogenated alkanes) is 10. The first-order valence-electron chi connectivity index (χ1n) is 9.70. The van der Waals surface area contributed by atoms with Crippen molar-refractivity contribution in [2.75, 3.05) is 0 Å². The molecule has 0 radical (unpaired) electrons. The van der Waals surface area contributed by atoms with Crippen LogP contribution in [0.1, 0.15) is 104 Å². The Morgan fingerprint density at radius 2 is 1.35 bits per heavy atom. The van der Waals surface area contributed by atoms with Crippen molar-refractivity contribution in [2.45, 2.75) is 110 Å². The van der Waals surface area contributed by atoms with E-state index in [9.17, 15) is 4.79 Å². The van der Waals surface area contributed by atoms with Gasteiger partial charge in [0.15, 0.2) is 5.11 Å². The SMILES string of the molecule is CCCCCCCCCCCCCC(=O)NC(=S)NC(C)CC. The summed E-state index contributed by atoms with van der Waals surface area (Å²) in [5, 5.41) is 6.33. The van der Waals surface area contributed by atoms with Crippen molar-refractivity contribution in [3.63, 3.8) is 0 Å². The van der Waals surface area contributed by atoms with Crippen LogP contribution >= 0.6 is 12.2 Å². The summed E-state index contributed by atoms with van der Waals surface area (Å²) in [5.41, 5.74) is 0. The van der Waals surface area contributed by atoms with Crippen LogP contribution in [0.5, 0.6) is 0 Å². The fourth-order valence-electron chi connectivity index (χ4n) is 2.50. The number of rotatable bonds is 14. The molecular formula is C19H38N2OS. The smallest absolute Gasteiger partial charge is 0.226 e. The molecule has 0 rings (SSSR count). The minimum atomic E-state index is 0.0433. The summed E-state index contributed by atoms with van der Waals surface area (Å²) in [6.07, 6.45) is 15.9. The van der Waals surface area contributed by atoms with Gasteiger partial charge in [0.25, 0.3) is 0 Å². The molecule has 0 aliphatic heterocycles. The van der Waals surface area contributed by atoms with Gasteiger partial charge in [0.1, 0.15) is 0 Å². The molecule has 0 saturated heterocycles. The van der Waals surface area contributed by atoms with Crippen molar-refractivity contribution in [1.82, 2.24) is 10.6 Å². The van der Waals surface area contributed by atoms with Crippen LogP contribution in [-0.2, 0) is 4.79 Å². The first kappa shape index (κ1) is 22.4. The number of carbonyl (C=O) groups is 1.